The lowest BCUT2D eigenvalue weighted by molar-refractivity contribution is -0.116. The summed E-state index contributed by atoms with van der Waals surface area (Å²) in [5, 5.41) is 2.91. The fraction of sp³-hybridized carbons (Fsp3) is 0.263. The summed E-state index contributed by atoms with van der Waals surface area (Å²) in [6, 6.07) is 13.7. The Kier molecular flexibility index (Phi) is 4.25. The van der Waals surface area contributed by atoms with Gasteiger partial charge in [-0.25, -0.2) is 4.79 Å². The number of benzene rings is 2. The Hall–Kier alpha value is -2.82. The maximum atomic E-state index is 12.2. The second-order valence-corrected chi connectivity index (χ2v) is 6.14. The Bertz CT molecular complexity index is 949. The Morgan fingerprint density at radius 2 is 1.67 bits per heavy atom. The highest BCUT2D eigenvalue weighted by atomic mass is 16.2. The molecule has 1 amide bonds. The van der Waals surface area contributed by atoms with Crippen LogP contribution in [0.4, 0.5) is 5.69 Å². The summed E-state index contributed by atoms with van der Waals surface area (Å²) in [6.45, 7) is 2.05. The molecule has 3 aromatic rings. The number of fused-ring (bicyclic) bond motifs is 1. The molecule has 0 aliphatic carbocycles. The lowest BCUT2D eigenvalue weighted by Gasteiger charge is -2.06. The molecule has 3 rings (SSSR count). The quantitative estimate of drug-likeness (QED) is 0.802. The molecular formula is C19H21N3O2. The zero-order valence-electron chi connectivity index (χ0n) is 14.2. The molecule has 0 aliphatic heterocycles. The number of nitrogens with one attached hydrogen (secondary N) is 1. The lowest BCUT2D eigenvalue weighted by Crippen LogP contribution is -2.19. The van der Waals surface area contributed by atoms with Crippen LogP contribution in [0.15, 0.2) is 47.3 Å². The molecule has 124 valence electrons. The molecule has 1 aromatic heterocycles. The van der Waals surface area contributed by atoms with Gasteiger partial charge < -0.3 is 5.32 Å². The molecule has 0 aliphatic rings. The predicted octanol–water partition coefficient (Wildman–Crippen LogP) is 2.76. The fourth-order valence-electron chi connectivity index (χ4n) is 2.82. The van der Waals surface area contributed by atoms with Crippen LogP contribution in [0.1, 0.15) is 17.5 Å². The van der Waals surface area contributed by atoms with E-state index in [1.807, 2.05) is 25.1 Å². The van der Waals surface area contributed by atoms with E-state index in [4.69, 9.17) is 0 Å². The zero-order valence-corrected chi connectivity index (χ0v) is 14.2. The molecule has 5 heteroatoms. The Labute approximate surface area is 140 Å². The van der Waals surface area contributed by atoms with Gasteiger partial charge in [0.05, 0.1) is 11.0 Å². The van der Waals surface area contributed by atoms with E-state index in [0.29, 0.717) is 18.5 Å². The number of carbonyl (C=O) groups excluding carboxylic acids is 1. The van der Waals surface area contributed by atoms with Crippen molar-refractivity contribution in [2.24, 2.45) is 14.1 Å². The number of imidazole rings is 1. The molecule has 1 heterocycles. The van der Waals surface area contributed by atoms with Gasteiger partial charge in [-0.1, -0.05) is 29.8 Å². The van der Waals surface area contributed by atoms with E-state index in [2.05, 4.69) is 29.6 Å². The Morgan fingerprint density at radius 1 is 1.00 bits per heavy atom. The fourth-order valence-corrected chi connectivity index (χ4v) is 2.82. The van der Waals surface area contributed by atoms with E-state index in [9.17, 15) is 9.59 Å². The number of nitrogens with zero attached hydrogens (tertiary/aromatic N) is 2. The lowest BCUT2D eigenvalue weighted by atomic mass is 10.1. The van der Waals surface area contributed by atoms with Crippen molar-refractivity contribution in [3.05, 3.63) is 64.1 Å². The summed E-state index contributed by atoms with van der Waals surface area (Å²) >= 11 is 0. The highest BCUT2D eigenvalue weighted by Crippen LogP contribution is 2.18. The number of aromatic nitrogens is 2. The highest BCUT2D eigenvalue weighted by molar-refractivity contribution is 5.93. The van der Waals surface area contributed by atoms with E-state index < -0.39 is 0 Å². The van der Waals surface area contributed by atoms with Crippen LogP contribution < -0.4 is 11.0 Å². The van der Waals surface area contributed by atoms with Crippen molar-refractivity contribution in [3.63, 3.8) is 0 Å². The van der Waals surface area contributed by atoms with Crippen molar-refractivity contribution in [2.45, 2.75) is 19.8 Å². The third kappa shape index (κ3) is 3.11. The molecule has 2 aromatic carbocycles. The molecule has 0 fully saturated rings. The van der Waals surface area contributed by atoms with Gasteiger partial charge in [0.15, 0.2) is 0 Å². The molecule has 0 unspecified atom stereocenters. The van der Waals surface area contributed by atoms with Crippen LogP contribution in [0.25, 0.3) is 11.0 Å². The Balaban J connectivity index is 1.70. The molecule has 0 saturated heterocycles. The standard InChI is InChI=1S/C19H21N3O2/c1-13-4-6-14(7-5-13)8-11-18(23)20-15-9-10-16-17(12-15)22(3)19(24)21(16)2/h4-7,9-10,12H,8,11H2,1-3H3,(H,20,23). The minimum Gasteiger partial charge on any atom is -0.326 e. The van der Waals surface area contributed by atoms with Crippen LogP contribution in [0.3, 0.4) is 0 Å². The van der Waals surface area contributed by atoms with Crippen molar-refractivity contribution < 1.29 is 4.79 Å². The van der Waals surface area contributed by atoms with Crippen molar-refractivity contribution in [1.82, 2.24) is 9.13 Å². The van der Waals surface area contributed by atoms with E-state index in [1.165, 1.54) is 5.56 Å². The van der Waals surface area contributed by atoms with Crippen LogP contribution in [0.2, 0.25) is 0 Å². The third-order valence-corrected chi connectivity index (χ3v) is 4.32. The minimum atomic E-state index is -0.0761. The molecular weight excluding hydrogens is 302 g/mol. The highest BCUT2D eigenvalue weighted by Gasteiger charge is 2.09. The van der Waals surface area contributed by atoms with Crippen LogP contribution in [-0.4, -0.2) is 15.0 Å². The van der Waals surface area contributed by atoms with Gasteiger partial charge in [0.1, 0.15) is 0 Å². The van der Waals surface area contributed by atoms with Gasteiger partial charge in [-0.05, 0) is 37.1 Å². The average molecular weight is 323 g/mol. The SMILES string of the molecule is Cc1ccc(CCC(=O)Nc2ccc3c(c2)n(C)c(=O)n3C)cc1. The van der Waals surface area contributed by atoms with E-state index >= 15 is 0 Å². The average Bonchev–Trinajstić information content (AvgIpc) is 2.79. The molecule has 24 heavy (non-hydrogen) atoms. The van der Waals surface area contributed by atoms with Crippen LogP contribution in [-0.2, 0) is 25.3 Å². The first-order valence-electron chi connectivity index (χ1n) is 7.96. The molecule has 0 radical (unpaired) electrons. The normalized spacial score (nSPS) is 11.0. The molecule has 0 saturated carbocycles. The molecule has 5 nitrogen and oxygen atoms in total. The molecule has 1 N–H and O–H groups in total. The van der Waals surface area contributed by atoms with E-state index in [-0.39, 0.29) is 11.6 Å². The van der Waals surface area contributed by atoms with Crippen LogP contribution >= 0.6 is 0 Å². The maximum absolute atomic E-state index is 12.2. The number of hydrogen-bond acceptors (Lipinski definition) is 2. The number of anilines is 1. The number of rotatable bonds is 4. The number of aryl methyl sites for hydroxylation is 4. The first-order chi connectivity index (χ1) is 11.5. The van der Waals surface area contributed by atoms with Gasteiger partial charge >= 0.3 is 5.69 Å². The summed E-state index contributed by atoms with van der Waals surface area (Å²) < 4.78 is 3.18. The second-order valence-electron chi connectivity index (χ2n) is 6.14. The first-order valence-corrected chi connectivity index (χ1v) is 7.96. The van der Waals surface area contributed by atoms with Gasteiger partial charge in [-0.2, -0.15) is 0 Å². The van der Waals surface area contributed by atoms with Crippen LogP contribution in [0.5, 0.6) is 0 Å². The topological polar surface area (TPSA) is 56.0 Å². The number of carbonyl (C=O) groups is 1. The number of hydrogen-bond donors (Lipinski definition) is 1. The summed E-state index contributed by atoms with van der Waals surface area (Å²) in [5.74, 6) is -0.0316. The summed E-state index contributed by atoms with van der Waals surface area (Å²) in [7, 11) is 3.47. The summed E-state index contributed by atoms with van der Waals surface area (Å²) in [5.41, 5.74) is 4.64. The third-order valence-electron chi connectivity index (χ3n) is 4.32. The van der Waals surface area contributed by atoms with Crippen molar-refractivity contribution >= 4 is 22.6 Å². The number of amides is 1. The Morgan fingerprint density at radius 3 is 2.38 bits per heavy atom. The summed E-state index contributed by atoms with van der Waals surface area (Å²) in [4.78, 5) is 24.1. The summed E-state index contributed by atoms with van der Waals surface area (Å²) in [6.07, 6.45) is 1.13. The van der Waals surface area contributed by atoms with Gasteiger partial charge in [0.2, 0.25) is 5.91 Å². The van der Waals surface area contributed by atoms with Crippen molar-refractivity contribution in [1.29, 1.82) is 0 Å². The van der Waals surface area contributed by atoms with E-state index in [1.54, 1.807) is 23.2 Å². The largest absolute Gasteiger partial charge is 0.328 e. The smallest absolute Gasteiger partial charge is 0.326 e. The zero-order chi connectivity index (χ0) is 17.3. The monoisotopic (exact) mass is 323 g/mol. The van der Waals surface area contributed by atoms with Crippen LogP contribution in [0, 0.1) is 6.92 Å². The molecule has 0 atom stereocenters. The van der Waals surface area contributed by atoms with Gasteiger partial charge in [-0.15, -0.1) is 0 Å². The van der Waals surface area contributed by atoms with Gasteiger partial charge in [0, 0.05) is 26.2 Å². The maximum Gasteiger partial charge on any atom is 0.328 e. The second kappa shape index (κ2) is 6.35. The van der Waals surface area contributed by atoms with E-state index in [0.717, 1.165) is 16.6 Å². The molecule has 0 bridgehead atoms. The van der Waals surface area contributed by atoms with Gasteiger partial charge in [-0.3, -0.25) is 13.9 Å². The van der Waals surface area contributed by atoms with Gasteiger partial charge in [0.25, 0.3) is 0 Å². The first kappa shape index (κ1) is 16.1. The minimum absolute atomic E-state index is 0.0316. The molecule has 0 spiro atoms. The van der Waals surface area contributed by atoms with Crippen molar-refractivity contribution in [3.8, 4) is 0 Å². The predicted molar refractivity (Wildman–Crippen MR) is 96.3 cm³/mol. The van der Waals surface area contributed by atoms with Crippen molar-refractivity contribution in [2.75, 3.05) is 5.32 Å².